The molecule has 5 unspecified atom stereocenters. The van der Waals surface area contributed by atoms with Gasteiger partial charge in [-0.25, -0.2) is 0 Å². The molecular weight excluding hydrogens is 308 g/mol. The minimum absolute atomic E-state index is 0.122. The van der Waals surface area contributed by atoms with Gasteiger partial charge in [0.15, 0.2) is 0 Å². The minimum Gasteiger partial charge on any atom is -0.319 e. The Morgan fingerprint density at radius 2 is 2.00 bits per heavy atom. The zero-order chi connectivity index (χ0) is 13.0. The molecular formula is C14H23BrN2S. The Balaban J connectivity index is 1.80. The molecule has 4 heteroatoms. The van der Waals surface area contributed by atoms with Crippen molar-refractivity contribution in [1.29, 1.82) is 0 Å². The molecule has 4 N–H and O–H groups in total. The molecule has 1 saturated carbocycles. The molecule has 18 heavy (non-hydrogen) atoms. The number of thioether (sulfide) groups is 1. The highest BCUT2D eigenvalue weighted by molar-refractivity contribution is 9.09. The van der Waals surface area contributed by atoms with Gasteiger partial charge in [-0.1, -0.05) is 46.7 Å². The van der Waals surface area contributed by atoms with Crippen LogP contribution in [0.25, 0.3) is 0 Å². The maximum atomic E-state index is 6.34. The molecule has 0 aromatic carbocycles. The summed E-state index contributed by atoms with van der Waals surface area (Å²) in [5.41, 5.74) is 12.6. The highest BCUT2D eigenvalue weighted by Crippen LogP contribution is 2.36. The second-order valence-electron chi connectivity index (χ2n) is 5.30. The third-order valence-corrected chi connectivity index (χ3v) is 6.06. The molecule has 0 spiro atoms. The van der Waals surface area contributed by atoms with Crippen molar-refractivity contribution in [2.75, 3.05) is 0 Å². The molecule has 0 aliphatic heterocycles. The lowest BCUT2D eigenvalue weighted by molar-refractivity contribution is 0.361. The van der Waals surface area contributed by atoms with Crippen LogP contribution in [0.2, 0.25) is 0 Å². The fraction of sp³-hybridized carbons (Fsp3) is 0.714. The van der Waals surface area contributed by atoms with Crippen LogP contribution in [0.5, 0.6) is 0 Å². The summed E-state index contributed by atoms with van der Waals surface area (Å²) < 4.78 is 0. The van der Waals surface area contributed by atoms with Gasteiger partial charge >= 0.3 is 0 Å². The van der Waals surface area contributed by atoms with E-state index in [4.69, 9.17) is 11.5 Å². The molecule has 0 saturated heterocycles. The zero-order valence-electron chi connectivity index (χ0n) is 10.7. The van der Waals surface area contributed by atoms with Crippen molar-refractivity contribution in [3.8, 4) is 0 Å². The number of alkyl halides is 1. The Hall–Kier alpha value is 0.230. The fourth-order valence-corrected chi connectivity index (χ4v) is 4.74. The number of halogens is 1. The number of rotatable bonds is 4. The van der Waals surface area contributed by atoms with Gasteiger partial charge in [0.25, 0.3) is 0 Å². The van der Waals surface area contributed by atoms with Gasteiger partial charge in [0.05, 0.1) is 10.7 Å². The van der Waals surface area contributed by atoms with Crippen LogP contribution in [0.4, 0.5) is 0 Å². The summed E-state index contributed by atoms with van der Waals surface area (Å²) in [6.07, 6.45) is 14.6. The predicted octanol–water partition coefficient (Wildman–Crippen LogP) is 3.38. The first kappa shape index (κ1) is 14.6. The van der Waals surface area contributed by atoms with Gasteiger partial charge in [-0.3, -0.25) is 0 Å². The van der Waals surface area contributed by atoms with Gasteiger partial charge in [-0.2, -0.15) is 0 Å². The van der Waals surface area contributed by atoms with Crippen LogP contribution < -0.4 is 11.5 Å². The van der Waals surface area contributed by atoms with Crippen LogP contribution in [-0.2, 0) is 0 Å². The van der Waals surface area contributed by atoms with Crippen molar-refractivity contribution < 1.29 is 0 Å². The number of hydrogen-bond donors (Lipinski definition) is 2. The molecule has 1 fully saturated rings. The summed E-state index contributed by atoms with van der Waals surface area (Å²) in [5.74, 6) is 1.05. The average Bonchev–Trinajstić information content (AvgIpc) is 2.39. The Morgan fingerprint density at radius 1 is 1.17 bits per heavy atom. The third kappa shape index (κ3) is 4.12. The Morgan fingerprint density at radius 3 is 2.67 bits per heavy atom. The molecule has 0 amide bonds. The van der Waals surface area contributed by atoms with Crippen molar-refractivity contribution in [3.05, 3.63) is 24.3 Å². The van der Waals surface area contributed by atoms with Gasteiger partial charge in [-0.15, -0.1) is 11.8 Å². The molecule has 102 valence electrons. The first-order chi connectivity index (χ1) is 8.66. The van der Waals surface area contributed by atoms with Crippen molar-refractivity contribution in [1.82, 2.24) is 0 Å². The highest BCUT2D eigenvalue weighted by atomic mass is 79.9. The zero-order valence-corrected chi connectivity index (χ0v) is 13.1. The van der Waals surface area contributed by atoms with E-state index in [0.717, 1.165) is 6.42 Å². The smallest absolute Gasteiger partial charge is 0.0589 e. The number of allylic oxidation sites excluding steroid dienone is 3. The SMILES string of the molecule is NC(SC(N)C1CCCC(Br)C1)C1C=CC=CC1. The number of hydrogen-bond acceptors (Lipinski definition) is 3. The Bertz CT molecular complexity index is 319. The molecule has 2 aliphatic rings. The van der Waals surface area contributed by atoms with Crippen LogP contribution >= 0.6 is 27.7 Å². The highest BCUT2D eigenvalue weighted by Gasteiger charge is 2.28. The van der Waals surface area contributed by atoms with E-state index in [9.17, 15) is 0 Å². The van der Waals surface area contributed by atoms with Crippen LogP contribution in [0, 0.1) is 11.8 Å². The second kappa shape index (κ2) is 7.13. The molecule has 0 heterocycles. The molecule has 0 aromatic heterocycles. The molecule has 2 nitrogen and oxygen atoms in total. The predicted molar refractivity (Wildman–Crippen MR) is 84.6 cm³/mol. The quantitative estimate of drug-likeness (QED) is 0.613. The van der Waals surface area contributed by atoms with Crippen molar-refractivity contribution >= 4 is 27.7 Å². The standard InChI is InChI=1S/C14H23BrN2S/c15-12-8-4-7-11(9-12)14(17)18-13(16)10-5-2-1-3-6-10/h1-3,5,10-14H,4,6-9,16-17H2. The Kier molecular flexibility index (Phi) is 5.80. The summed E-state index contributed by atoms with van der Waals surface area (Å²) in [6.45, 7) is 0. The van der Waals surface area contributed by atoms with E-state index < -0.39 is 0 Å². The van der Waals surface area contributed by atoms with E-state index in [1.54, 1.807) is 11.8 Å². The van der Waals surface area contributed by atoms with Crippen LogP contribution in [0.1, 0.15) is 32.1 Å². The first-order valence-corrected chi connectivity index (χ1v) is 8.66. The largest absolute Gasteiger partial charge is 0.319 e. The van der Waals surface area contributed by atoms with Gasteiger partial charge in [-0.05, 0) is 31.6 Å². The van der Waals surface area contributed by atoms with E-state index >= 15 is 0 Å². The van der Waals surface area contributed by atoms with Crippen LogP contribution in [0.15, 0.2) is 24.3 Å². The van der Waals surface area contributed by atoms with E-state index in [1.807, 2.05) is 0 Å². The third-order valence-electron chi connectivity index (χ3n) is 3.87. The summed E-state index contributed by atoms with van der Waals surface area (Å²) in [6, 6.07) is 0. The maximum absolute atomic E-state index is 6.34. The van der Waals surface area contributed by atoms with Crippen LogP contribution in [-0.4, -0.2) is 15.6 Å². The molecule has 0 aromatic rings. The Labute approximate surface area is 123 Å². The molecule has 5 atom stereocenters. The molecule has 2 aliphatic carbocycles. The molecule has 2 rings (SSSR count). The molecule has 0 radical (unpaired) electrons. The summed E-state index contributed by atoms with van der Waals surface area (Å²) in [5, 5.41) is 0.302. The van der Waals surface area contributed by atoms with Crippen molar-refractivity contribution in [2.45, 2.75) is 47.7 Å². The monoisotopic (exact) mass is 330 g/mol. The molecule has 0 bridgehead atoms. The summed E-state index contributed by atoms with van der Waals surface area (Å²) >= 11 is 5.49. The van der Waals surface area contributed by atoms with E-state index in [2.05, 4.69) is 40.2 Å². The lowest BCUT2D eigenvalue weighted by Gasteiger charge is -2.32. The normalized spacial score (nSPS) is 35.4. The topological polar surface area (TPSA) is 52.0 Å². The van der Waals surface area contributed by atoms with Crippen molar-refractivity contribution in [2.24, 2.45) is 23.3 Å². The fourth-order valence-electron chi connectivity index (χ4n) is 2.70. The van der Waals surface area contributed by atoms with E-state index in [1.165, 1.54) is 25.7 Å². The summed E-state index contributed by atoms with van der Waals surface area (Å²) in [7, 11) is 0. The van der Waals surface area contributed by atoms with Gasteiger partial charge < -0.3 is 11.5 Å². The van der Waals surface area contributed by atoms with Crippen molar-refractivity contribution in [3.63, 3.8) is 0 Å². The summed E-state index contributed by atoms with van der Waals surface area (Å²) in [4.78, 5) is 0.650. The maximum Gasteiger partial charge on any atom is 0.0589 e. The first-order valence-electron chi connectivity index (χ1n) is 6.81. The minimum atomic E-state index is 0.122. The van der Waals surface area contributed by atoms with E-state index in [0.29, 0.717) is 16.7 Å². The lowest BCUT2D eigenvalue weighted by Crippen LogP contribution is -2.37. The second-order valence-corrected chi connectivity index (χ2v) is 7.96. The average molecular weight is 331 g/mol. The van der Waals surface area contributed by atoms with Gasteiger partial charge in [0.2, 0.25) is 0 Å². The van der Waals surface area contributed by atoms with E-state index in [-0.39, 0.29) is 10.7 Å². The lowest BCUT2D eigenvalue weighted by atomic mass is 9.89. The number of nitrogens with two attached hydrogens (primary N) is 2. The van der Waals surface area contributed by atoms with Gasteiger partial charge in [0.1, 0.15) is 0 Å². The van der Waals surface area contributed by atoms with Crippen LogP contribution in [0.3, 0.4) is 0 Å². The van der Waals surface area contributed by atoms with Gasteiger partial charge in [0, 0.05) is 10.7 Å².